The zero-order valence-electron chi connectivity index (χ0n) is 21.1. The van der Waals surface area contributed by atoms with Gasteiger partial charge in [-0.3, -0.25) is 9.59 Å². The molecule has 4 bridgehead atoms. The van der Waals surface area contributed by atoms with E-state index in [9.17, 15) is 9.59 Å². The number of H-pyrrole nitrogens is 1. The van der Waals surface area contributed by atoms with Crippen LogP contribution in [0.3, 0.4) is 0 Å². The summed E-state index contributed by atoms with van der Waals surface area (Å²) in [4.78, 5) is 32.6. The molecule has 7 rings (SSSR count). The van der Waals surface area contributed by atoms with E-state index in [2.05, 4.69) is 15.3 Å². The van der Waals surface area contributed by atoms with Gasteiger partial charge in [0, 0.05) is 24.2 Å². The summed E-state index contributed by atoms with van der Waals surface area (Å²) in [6.45, 7) is 0. The SMILES string of the molecule is C1CC2CCCC(C1)C2.O=c1cccc(-c2nc3ccccc3n(C3CC4CCCC(C3)N4)c2=O)[nH]1. The monoisotopic (exact) mass is 486 g/mol. The third-order valence-corrected chi connectivity index (χ3v) is 8.99. The highest BCUT2D eigenvalue weighted by molar-refractivity contribution is 5.77. The quantitative estimate of drug-likeness (QED) is 0.496. The molecule has 2 saturated heterocycles. The molecule has 2 unspecified atom stereocenters. The maximum absolute atomic E-state index is 13.5. The maximum Gasteiger partial charge on any atom is 0.279 e. The fourth-order valence-electron chi connectivity index (χ4n) is 7.35. The molecule has 0 spiro atoms. The summed E-state index contributed by atoms with van der Waals surface area (Å²) in [5.74, 6) is 2.30. The Kier molecular flexibility index (Phi) is 6.79. The summed E-state index contributed by atoms with van der Waals surface area (Å²) >= 11 is 0. The third-order valence-electron chi connectivity index (χ3n) is 8.99. The molecule has 2 N–H and O–H groups in total. The Labute approximate surface area is 212 Å². The number of nitrogens with zero attached hydrogens (tertiary/aromatic N) is 2. The second kappa shape index (κ2) is 10.3. The lowest BCUT2D eigenvalue weighted by molar-refractivity contribution is 0.189. The highest BCUT2D eigenvalue weighted by Crippen LogP contribution is 2.39. The third kappa shape index (κ3) is 4.93. The molecule has 0 radical (unpaired) electrons. The van der Waals surface area contributed by atoms with Crippen LogP contribution < -0.4 is 16.4 Å². The number of para-hydroxylation sites is 2. The number of fused-ring (bicyclic) bond motifs is 5. The molecule has 6 nitrogen and oxygen atoms in total. The van der Waals surface area contributed by atoms with Gasteiger partial charge in [0.1, 0.15) is 0 Å². The van der Waals surface area contributed by atoms with Crippen LogP contribution in [0.2, 0.25) is 0 Å². The van der Waals surface area contributed by atoms with Gasteiger partial charge in [0.25, 0.3) is 5.56 Å². The molecular weight excluding hydrogens is 448 g/mol. The van der Waals surface area contributed by atoms with E-state index in [0.29, 0.717) is 23.5 Å². The number of aromatic nitrogens is 3. The molecule has 6 heteroatoms. The second-order valence-corrected chi connectivity index (χ2v) is 11.5. The van der Waals surface area contributed by atoms with Crippen LogP contribution in [0.4, 0.5) is 0 Å². The lowest BCUT2D eigenvalue weighted by Gasteiger charge is -2.41. The van der Waals surface area contributed by atoms with Gasteiger partial charge in [-0.15, -0.1) is 0 Å². The molecule has 36 heavy (non-hydrogen) atoms. The number of pyridine rings is 1. The zero-order chi connectivity index (χ0) is 24.5. The number of hydrogen-bond donors (Lipinski definition) is 2. The molecule has 1 aromatic carbocycles. The smallest absolute Gasteiger partial charge is 0.279 e. The molecule has 0 amide bonds. The van der Waals surface area contributed by atoms with Gasteiger partial charge in [-0.2, -0.15) is 0 Å². The van der Waals surface area contributed by atoms with Gasteiger partial charge < -0.3 is 14.9 Å². The molecule has 190 valence electrons. The molecular formula is C30H38N4O2. The van der Waals surface area contributed by atoms with Crippen molar-refractivity contribution in [1.82, 2.24) is 19.9 Å². The average Bonchev–Trinajstić information content (AvgIpc) is 2.88. The van der Waals surface area contributed by atoms with Gasteiger partial charge in [0.05, 0.1) is 16.7 Å². The Bertz CT molecular complexity index is 1300. The van der Waals surface area contributed by atoms with Crippen LogP contribution in [-0.2, 0) is 0 Å². The van der Waals surface area contributed by atoms with Crippen LogP contribution in [0.1, 0.15) is 83.1 Å². The average molecular weight is 487 g/mol. The summed E-state index contributed by atoms with van der Waals surface area (Å²) in [6, 6.07) is 13.7. The topological polar surface area (TPSA) is 79.8 Å². The van der Waals surface area contributed by atoms with Crippen LogP contribution in [0, 0.1) is 11.8 Å². The van der Waals surface area contributed by atoms with Gasteiger partial charge in [0.15, 0.2) is 5.69 Å². The first-order chi connectivity index (χ1) is 17.6. The van der Waals surface area contributed by atoms with E-state index in [1.54, 1.807) is 44.2 Å². The van der Waals surface area contributed by atoms with Gasteiger partial charge in [-0.1, -0.05) is 63.1 Å². The Morgan fingerprint density at radius 1 is 0.750 bits per heavy atom. The molecule has 4 fully saturated rings. The molecule has 2 atom stereocenters. The van der Waals surface area contributed by atoms with Crippen LogP contribution in [-0.4, -0.2) is 26.6 Å². The second-order valence-electron chi connectivity index (χ2n) is 11.5. The van der Waals surface area contributed by atoms with E-state index in [0.717, 1.165) is 35.7 Å². The first-order valence-electron chi connectivity index (χ1n) is 14.1. The van der Waals surface area contributed by atoms with Crippen molar-refractivity contribution < 1.29 is 0 Å². The van der Waals surface area contributed by atoms with Crippen LogP contribution in [0.25, 0.3) is 22.4 Å². The lowest BCUT2D eigenvalue weighted by atomic mass is 9.72. The molecule has 2 aliphatic carbocycles. The highest BCUT2D eigenvalue weighted by Gasteiger charge is 2.33. The lowest BCUT2D eigenvalue weighted by Crippen LogP contribution is -2.50. The minimum atomic E-state index is -0.232. The van der Waals surface area contributed by atoms with Crippen LogP contribution in [0.5, 0.6) is 0 Å². The molecule has 4 aliphatic rings. The summed E-state index contributed by atoms with van der Waals surface area (Å²) in [5.41, 5.74) is 2.08. The predicted molar refractivity (Wildman–Crippen MR) is 144 cm³/mol. The Balaban J connectivity index is 0.000000223. The van der Waals surface area contributed by atoms with E-state index in [1.165, 1.54) is 38.2 Å². The highest BCUT2D eigenvalue weighted by atomic mass is 16.1. The van der Waals surface area contributed by atoms with Crippen molar-refractivity contribution in [3.63, 3.8) is 0 Å². The van der Waals surface area contributed by atoms with Gasteiger partial charge in [0.2, 0.25) is 5.56 Å². The van der Waals surface area contributed by atoms with E-state index >= 15 is 0 Å². The van der Waals surface area contributed by atoms with Crippen molar-refractivity contribution in [2.75, 3.05) is 0 Å². The van der Waals surface area contributed by atoms with E-state index in [-0.39, 0.29) is 17.2 Å². The maximum atomic E-state index is 13.5. The normalized spacial score (nSPS) is 29.3. The van der Waals surface area contributed by atoms with Crippen LogP contribution in [0.15, 0.2) is 52.1 Å². The van der Waals surface area contributed by atoms with E-state index in [1.807, 2.05) is 28.8 Å². The minimum Gasteiger partial charge on any atom is -0.320 e. The predicted octanol–water partition coefficient (Wildman–Crippen LogP) is 5.57. The molecule has 2 aromatic heterocycles. The van der Waals surface area contributed by atoms with E-state index < -0.39 is 0 Å². The number of piperidine rings is 2. The number of rotatable bonds is 2. The first-order valence-corrected chi connectivity index (χ1v) is 14.1. The molecule has 4 heterocycles. The summed E-state index contributed by atoms with van der Waals surface area (Å²) < 4.78 is 1.93. The molecule has 2 saturated carbocycles. The number of nitrogens with one attached hydrogen (secondary N) is 2. The van der Waals surface area contributed by atoms with E-state index in [4.69, 9.17) is 0 Å². The van der Waals surface area contributed by atoms with Crippen LogP contribution >= 0.6 is 0 Å². The molecule has 2 aliphatic heterocycles. The van der Waals surface area contributed by atoms with Gasteiger partial charge >= 0.3 is 0 Å². The number of benzene rings is 1. The fraction of sp³-hybridized carbons (Fsp3) is 0.567. The van der Waals surface area contributed by atoms with Crippen molar-refractivity contribution in [1.29, 1.82) is 0 Å². The van der Waals surface area contributed by atoms with Gasteiger partial charge in [-0.05, 0) is 62.1 Å². The number of aromatic amines is 1. The van der Waals surface area contributed by atoms with Gasteiger partial charge in [-0.25, -0.2) is 4.98 Å². The Hall–Kier alpha value is -2.73. The Morgan fingerprint density at radius 2 is 1.42 bits per heavy atom. The Morgan fingerprint density at radius 3 is 2.08 bits per heavy atom. The number of hydrogen-bond acceptors (Lipinski definition) is 4. The minimum absolute atomic E-state index is 0.125. The van der Waals surface area contributed by atoms with Crippen molar-refractivity contribution >= 4 is 11.0 Å². The zero-order valence-corrected chi connectivity index (χ0v) is 21.1. The summed E-state index contributed by atoms with van der Waals surface area (Å²) in [6.07, 6.45) is 16.4. The summed E-state index contributed by atoms with van der Waals surface area (Å²) in [7, 11) is 0. The van der Waals surface area contributed by atoms with Crippen molar-refractivity contribution in [3.05, 3.63) is 63.2 Å². The first kappa shape index (κ1) is 23.7. The summed E-state index contributed by atoms with van der Waals surface area (Å²) in [5, 5.41) is 3.70. The fourth-order valence-corrected chi connectivity index (χ4v) is 7.35. The largest absolute Gasteiger partial charge is 0.320 e. The van der Waals surface area contributed by atoms with Crippen molar-refractivity contribution in [2.45, 2.75) is 95.2 Å². The van der Waals surface area contributed by atoms with Crippen molar-refractivity contribution in [3.8, 4) is 11.4 Å². The standard InChI is InChI=1S/C21H22N4O2.C9H16/c26-19-10-4-8-17(23-19)20-21(27)25(18-9-2-1-7-16(18)24-20)15-11-13-5-3-6-14(12-15)22-13;1-3-8-5-2-6-9(4-1)7-8/h1-2,4,7-10,13-15,22H,3,5-6,11-12H2,(H,23,26);8-9H,1-7H2. The molecule has 3 aromatic rings. The van der Waals surface area contributed by atoms with Crippen molar-refractivity contribution in [2.24, 2.45) is 11.8 Å².